The molecule has 0 fully saturated rings. The van der Waals surface area contributed by atoms with Gasteiger partial charge in [-0.05, 0) is 74.2 Å². The first-order valence-electron chi connectivity index (χ1n) is 6.45. The maximum Gasteiger partial charge on any atom is 0.147 e. The van der Waals surface area contributed by atoms with Gasteiger partial charge in [0.1, 0.15) is 11.5 Å². The topological polar surface area (TPSA) is 30.5 Å². The Balaban J connectivity index is 2.17. The van der Waals surface area contributed by atoms with Crippen LogP contribution in [0.2, 0.25) is 0 Å². The third-order valence-electron chi connectivity index (χ3n) is 3.10. The minimum Gasteiger partial charge on any atom is -0.495 e. The van der Waals surface area contributed by atoms with E-state index in [-0.39, 0.29) is 0 Å². The fourth-order valence-corrected chi connectivity index (χ4v) is 3.66. The van der Waals surface area contributed by atoms with Gasteiger partial charge in [-0.3, -0.25) is 0 Å². The minimum atomic E-state index is 0.695. The van der Waals surface area contributed by atoms with E-state index in [1.54, 1.807) is 14.2 Å². The highest BCUT2D eigenvalue weighted by atomic mass is 79.9. The number of methoxy groups -OCH3 is 2. The Bertz CT molecular complexity index is 621. The molecule has 0 saturated heterocycles. The molecule has 0 aliphatic rings. The fourth-order valence-electron chi connectivity index (χ4n) is 2.05. The molecule has 112 valence electrons. The standard InChI is InChI=1S/C16H17Br2NO2/c1-10-4-5-14(15(6-10)20-2)19-9-11-7-12(17)16(21-3)13(18)8-11/h4-8,19H,9H2,1-3H3. The molecule has 2 aromatic rings. The second-order valence-electron chi connectivity index (χ2n) is 4.65. The SMILES string of the molecule is COc1cc(C)ccc1NCc1cc(Br)c(OC)c(Br)c1. The van der Waals surface area contributed by atoms with Crippen LogP contribution in [0.4, 0.5) is 5.69 Å². The van der Waals surface area contributed by atoms with E-state index in [4.69, 9.17) is 9.47 Å². The summed E-state index contributed by atoms with van der Waals surface area (Å²) in [7, 11) is 3.33. The van der Waals surface area contributed by atoms with Gasteiger partial charge in [-0.2, -0.15) is 0 Å². The van der Waals surface area contributed by atoms with E-state index >= 15 is 0 Å². The molecule has 0 aliphatic carbocycles. The molecule has 0 atom stereocenters. The molecule has 5 heteroatoms. The quantitative estimate of drug-likeness (QED) is 0.733. The Morgan fingerprint density at radius 3 is 2.24 bits per heavy atom. The van der Waals surface area contributed by atoms with Gasteiger partial charge in [0.25, 0.3) is 0 Å². The Kier molecular flexibility index (Phi) is 5.53. The summed E-state index contributed by atoms with van der Waals surface area (Å²) in [6.45, 7) is 2.74. The first kappa shape index (κ1) is 16.2. The molecule has 0 unspecified atom stereocenters. The summed E-state index contributed by atoms with van der Waals surface area (Å²) in [6.07, 6.45) is 0. The van der Waals surface area contributed by atoms with Crippen molar-refractivity contribution < 1.29 is 9.47 Å². The number of hydrogen-bond donors (Lipinski definition) is 1. The lowest BCUT2D eigenvalue weighted by molar-refractivity contribution is 0.409. The molecule has 0 saturated carbocycles. The summed E-state index contributed by atoms with van der Waals surface area (Å²) in [5, 5.41) is 3.39. The van der Waals surface area contributed by atoms with Crippen LogP contribution in [0.1, 0.15) is 11.1 Å². The number of nitrogens with one attached hydrogen (secondary N) is 1. The second kappa shape index (κ2) is 7.18. The summed E-state index contributed by atoms with van der Waals surface area (Å²) in [4.78, 5) is 0. The average Bonchev–Trinajstić information content (AvgIpc) is 2.45. The van der Waals surface area contributed by atoms with Crippen molar-refractivity contribution in [2.75, 3.05) is 19.5 Å². The lowest BCUT2D eigenvalue weighted by Gasteiger charge is -2.13. The van der Waals surface area contributed by atoms with Gasteiger partial charge in [0, 0.05) is 6.54 Å². The molecular formula is C16H17Br2NO2. The predicted molar refractivity (Wildman–Crippen MR) is 93.5 cm³/mol. The molecule has 2 rings (SSSR count). The highest BCUT2D eigenvalue weighted by Gasteiger charge is 2.08. The largest absolute Gasteiger partial charge is 0.495 e. The van der Waals surface area contributed by atoms with Gasteiger partial charge in [-0.1, -0.05) is 6.07 Å². The molecule has 1 N–H and O–H groups in total. The van der Waals surface area contributed by atoms with E-state index < -0.39 is 0 Å². The monoisotopic (exact) mass is 413 g/mol. The van der Waals surface area contributed by atoms with Gasteiger partial charge in [-0.25, -0.2) is 0 Å². The Morgan fingerprint density at radius 1 is 1.00 bits per heavy atom. The van der Waals surface area contributed by atoms with Crippen LogP contribution >= 0.6 is 31.9 Å². The number of halogens is 2. The summed E-state index contributed by atoms with van der Waals surface area (Å²) in [5.74, 6) is 1.65. The predicted octanol–water partition coefficient (Wildman–Crippen LogP) is 5.15. The van der Waals surface area contributed by atoms with Gasteiger partial charge in [0.2, 0.25) is 0 Å². The van der Waals surface area contributed by atoms with Crippen LogP contribution in [0.5, 0.6) is 11.5 Å². The van der Waals surface area contributed by atoms with E-state index in [2.05, 4.69) is 43.2 Å². The van der Waals surface area contributed by atoms with Crippen molar-refractivity contribution in [1.29, 1.82) is 0 Å². The van der Waals surface area contributed by atoms with Crippen LogP contribution < -0.4 is 14.8 Å². The van der Waals surface area contributed by atoms with Crippen LogP contribution in [-0.2, 0) is 6.54 Å². The zero-order valence-corrected chi connectivity index (χ0v) is 15.3. The zero-order valence-electron chi connectivity index (χ0n) is 12.2. The summed E-state index contributed by atoms with van der Waals surface area (Å²) in [6, 6.07) is 10.2. The molecule has 2 aromatic carbocycles. The van der Waals surface area contributed by atoms with Gasteiger partial charge in [-0.15, -0.1) is 0 Å². The van der Waals surface area contributed by atoms with Crippen molar-refractivity contribution in [3.63, 3.8) is 0 Å². The molecule has 0 radical (unpaired) electrons. The number of hydrogen-bond acceptors (Lipinski definition) is 3. The smallest absolute Gasteiger partial charge is 0.147 e. The third-order valence-corrected chi connectivity index (χ3v) is 4.28. The van der Waals surface area contributed by atoms with Crippen LogP contribution in [0.3, 0.4) is 0 Å². The Hall–Kier alpha value is -1.20. The first-order valence-corrected chi connectivity index (χ1v) is 8.04. The number of aryl methyl sites for hydroxylation is 1. The molecule has 0 bridgehead atoms. The van der Waals surface area contributed by atoms with E-state index in [9.17, 15) is 0 Å². The highest BCUT2D eigenvalue weighted by molar-refractivity contribution is 9.11. The van der Waals surface area contributed by atoms with E-state index in [0.29, 0.717) is 6.54 Å². The highest BCUT2D eigenvalue weighted by Crippen LogP contribution is 2.35. The van der Waals surface area contributed by atoms with Gasteiger partial charge >= 0.3 is 0 Å². The number of ether oxygens (including phenoxy) is 2. The summed E-state index contributed by atoms with van der Waals surface area (Å²) >= 11 is 7.03. The average molecular weight is 415 g/mol. The van der Waals surface area contributed by atoms with E-state index in [0.717, 1.165) is 31.7 Å². The molecule has 0 spiro atoms. The maximum absolute atomic E-state index is 5.40. The number of anilines is 1. The molecular weight excluding hydrogens is 398 g/mol. The minimum absolute atomic E-state index is 0.695. The van der Waals surface area contributed by atoms with Gasteiger partial charge < -0.3 is 14.8 Å². The van der Waals surface area contributed by atoms with Crippen LogP contribution in [-0.4, -0.2) is 14.2 Å². The molecule has 21 heavy (non-hydrogen) atoms. The second-order valence-corrected chi connectivity index (χ2v) is 6.36. The normalized spacial score (nSPS) is 10.3. The fraction of sp³-hybridized carbons (Fsp3) is 0.250. The molecule has 0 amide bonds. The van der Waals surface area contributed by atoms with Crippen molar-refractivity contribution in [2.24, 2.45) is 0 Å². The Labute approximate surface area is 141 Å². The Morgan fingerprint density at radius 2 is 1.67 bits per heavy atom. The number of benzene rings is 2. The molecule has 3 nitrogen and oxygen atoms in total. The van der Waals surface area contributed by atoms with E-state index in [1.807, 2.05) is 31.2 Å². The number of rotatable bonds is 5. The first-order chi connectivity index (χ1) is 10.0. The zero-order chi connectivity index (χ0) is 15.4. The van der Waals surface area contributed by atoms with Crippen molar-refractivity contribution in [3.8, 4) is 11.5 Å². The van der Waals surface area contributed by atoms with Gasteiger partial charge in [0.15, 0.2) is 0 Å². The van der Waals surface area contributed by atoms with Crippen molar-refractivity contribution >= 4 is 37.5 Å². The van der Waals surface area contributed by atoms with Crippen LogP contribution in [0.25, 0.3) is 0 Å². The third kappa shape index (κ3) is 3.92. The van der Waals surface area contributed by atoms with Crippen molar-refractivity contribution in [2.45, 2.75) is 13.5 Å². The lowest BCUT2D eigenvalue weighted by atomic mass is 10.2. The molecule has 0 aromatic heterocycles. The lowest BCUT2D eigenvalue weighted by Crippen LogP contribution is -2.02. The van der Waals surface area contributed by atoms with Crippen LogP contribution in [0.15, 0.2) is 39.3 Å². The molecule has 0 aliphatic heterocycles. The van der Waals surface area contributed by atoms with Crippen LogP contribution in [0, 0.1) is 6.92 Å². The van der Waals surface area contributed by atoms with Crippen molar-refractivity contribution in [1.82, 2.24) is 0 Å². The maximum atomic E-state index is 5.40. The van der Waals surface area contributed by atoms with E-state index in [1.165, 1.54) is 5.56 Å². The van der Waals surface area contributed by atoms with Crippen molar-refractivity contribution in [3.05, 3.63) is 50.4 Å². The summed E-state index contributed by atoms with van der Waals surface area (Å²) in [5.41, 5.74) is 3.29. The van der Waals surface area contributed by atoms with Gasteiger partial charge in [0.05, 0.1) is 28.9 Å². The molecule has 0 heterocycles. The summed E-state index contributed by atoms with van der Waals surface area (Å²) < 4.78 is 12.6.